The third-order valence-electron chi connectivity index (χ3n) is 3.46. The number of nitrogens with zero attached hydrogens (tertiary/aromatic N) is 3. The number of fused-ring (bicyclic) bond motifs is 1. The molecule has 90 valence electrons. The van der Waals surface area contributed by atoms with E-state index in [9.17, 15) is 0 Å². The van der Waals surface area contributed by atoms with Gasteiger partial charge in [-0.3, -0.25) is 0 Å². The van der Waals surface area contributed by atoms with E-state index < -0.39 is 0 Å². The van der Waals surface area contributed by atoms with Crippen LogP contribution in [0.1, 0.15) is 12.8 Å². The summed E-state index contributed by atoms with van der Waals surface area (Å²) >= 11 is 0. The lowest BCUT2D eigenvalue weighted by Gasteiger charge is -2.33. The Morgan fingerprint density at radius 3 is 3.29 bits per heavy atom. The van der Waals surface area contributed by atoms with Gasteiger partial charge in [-0.2, -0.15) is 0 Å². The number of rotatable bonds is 2. The molecule has 5 nitrogen and oxygen atoms in total. The minimum absolute atomic E-state index is 0.563. The second kappa shape index (κ2) is 4.33. The number of aromatic amines is 1. The molecule has 1 atom stereocenters. The number of likely N-dealkylation sites (N-methyl/N-ethyl adjacent to an activating group) is 1. The van der Waals surface area contributed by atoms with Gasteiger partial charge in [0.05, 0.1) is 5.39 Å². The van der Waals surface area contributed by atoms with Crippen LogP contribution in [0.5, 0.6) is 0 Å². The molecular formula is C12H17N5. The van der Waals surface area contributed by atoms with Crippen molar-refractivity contribution in [1.29, 1.82) is 0 Å². The van der Waals surface area contributed by atoms with Crippen molar-refractivity contribution in [3.8, 4) is 0 Å². The summed E-state index contributed by atoms with van der Waals surface area (Å²) in [5.41, 5.74) is 0.918. The Morgan fingerprint density at radius 1 is 1.47 bits per heavy atom. The molecule has 3 heterocycles. The van der Waals surface area contributed by atoms with Crippen LogP contribution in [0.3, 0.4) is 0 Å². The Morgan fingerprint density at radius 2 is 2.41 bits per heavy atom. The highest BCUT2D eigenvalue weighted by Gasteiger charge is 2.21. The lowest BCUT2D eigenvalue weighted by Crippen LogP contribution is -2.44. The van der Waals surface area contributed by atoms with Gasteiger partial charge < -0.3 is 15.2 Å². The average Bonchev–Trinajstić information content (AvgIpc) is 2.87. The Balaban J connectivity index is 1.94. The summed E-state index contributed by atoms with van der Waals surface area (Å²) in [4.78, 5) is 14.1. The van der Waals surface area contributed by atoms with Crippen molar-refractivity contribution < 1.29 is 0 Å². The SMILES string of the molecule is CNC1CCCN(c2ncnc3[nH]ccc23)C1. The highest BCUT2D eigenvalue weighted by Crippen LogP contribution is 2.24. The molecule has 0 saturated carbocycles. The van der Waals surface area contributed by atoms with E-state index in [1.807, 2.05) is 19.3 Å². The molecule has 0 bridgehead atoms. The maximum atomic E-state index is 4.44. The van der Waals surface area contributed by atoms with E-state index in [1.54, 1.807) is 6.33 Å². The lowest BCUT2D eigenvalue weighted by atomic mass is 10.1. The van der Waals surface area contributed by atoms with E-state index in [4.69, 9.17) is 0 Å². The molecule has 0 amide bonds. The summed E-state index contributed by atoms with van der Waals surface area (Å²) in [5, 5.41) is 4.47. The molecule has 0 aliphatic carbocycles. The second-order valence-electron chi connectivity index (χ2n) is 4.51. The van der Waals surface area contributed by atoms with E-state index in [1.165, 1.54) is 12.8 Å². The Kier molecular flexibility index (Phi) is 2.68. The first-order valence-electron chi connectivity index (χ1n) is 6.09. The molecular weight excluding hydrogens is 214 g/mol. The van der Waals surface area contributed by atoms with Gasteiger partial charge >= 0.3 is 0 Å². The fourth-order valence-corrected chi connectivity index (χ4v) is 2.52. The standard InChI is InChI=1S/C12H17N5/c1-13-9-3-2-6-17(7-9)12-10-4-5-14-11(10)15-8-16-12/h4-5,8-9,13H,2-3,6-7H2,1H3,(H,14,15,16). The van der Waals surface area contributed by atoms with E-state index in [2.05, 4.69) is 25.2 Å². The van der Waals surface area contributed by atoms with Crippen molar-refractivity contribution in [2.45, 2.75) is 18.9 Å². The van der Waals surface area contributed by atoms with E-state index >= 15 is 0 Å². The maximum absolute atomic E-state index is 4.44. The molecule has 5 heteroatoms. The summed E-state index contributed by atoms with van der Waals surface area (Å²) in [5.74, 6) is 1.05. The van der Waals surface area contributed by atoms with Crippen molar-refractivity contribution in [2.24, 2.45) is 0 Å². The van der Waals surface area contributed by atoms with Crippen LogP contribution < -0.4 is 10.2 Å². The quantitative estimate of drug-likeness (QED) is 0.814. The van der Waals surface area contributed by atoms with Crippen LogP contribution in [0.4, 0.5) is 5.82 Å². The summed E-state index contributed by atoms with van der Waals surface area (Å²) in [7, 11) is 2.03. The molecule has 2 aromatic rings. The number of hydrogen-bond donors (Lipinski definition) is 2. The molecule has 1 fully saturated rings. The summed E-state index contributed by atoms with van der Waals surface area (Å²) in [6.07, 6.45) is 6.01. The van der Waals surface area contributed by atoms with Crippen molar-refractivity contribution in [1.82, 2.24) is 20.3 Å². The van der Waals surface area contributed by atoms with Gasteiger partial charge in [-0.15, -0.1) is 0 Å². The van der Waals surface area contributed by atoms with E-state index in [-0.39, 0.29) is 0 Å². The normalized spacial score (nSPS) is 21.0. The number of anilines is 1. The minimum atomic E-state index is 0.563. The zero-order chi connectivity index (χ0) is 11.7. The molecule has 0 spiro atoms. The monoisotopic (exact) mass is 231 g/mol. The smallest absolute Gasteiger partial charge is 0.142 e. The third-order valence-corrected chi connectivity index (χ3v) is 3.46. The van der Waals surface area contributed by atoms with Gasteiger partial charge in [0.2, 0.25) is 0 Å². The van der Waals surface area contributed by atoms with Crippen LogP contribution in [0.15, 0.2) is 18.6 Å². The molecule has 3 rings (SSSR count). The molecule has 1 unspecified atom stereocenters. The van der Waals surface area contributed by atoms with Gasteiger partial charge in [0.25, 0.3) is 0 Å². The number of H-pyrrole nitrogens is 1. The number of hydrogen-bond acceptors (Lipinski definition) is 4. The van der Waals surface area contributed by atoms with Gasteiger partial charge in [0, 0.05) is 25.3 Å². The molecule has 1 saturated heterocycles. The van der Waals surface area contributed by atoms with Gasteiger partial charge in [-0.1, -0.05) is 0 Å². The maximum Gasteiger partial charge on any atom is 0.142 e. The van der Waals surface area contributed by atoms with Crippen LogP contribution in [-0.2, 0) is 0 Å². The molecule has 2 N–H and O–H groups in total. The molecule has 17 heavy (non-hydrogen) atoms. The Hall–Kier alpha value is -1.62. The molecule has 0 aromatic carbocycles. The van der Waals surface area contributed by atoms with Crippen LogP contribution in [0, 0.1) is 0 Å². The zero-order valence-electron chi connectivity index (χ0n) is 9.98. The van der Waals surface area contributed by atoms with E-state index in [0.717, 1.165) is 29.9 Å². The number of nitrogens with one attached hydrogen (secondary N) is 2. The fraction of sp³-hybridized carbons (Fsp3) is 0.500. The first kappa shape index (κ1) is 10.5. The molecule has 0 radical (unpaired) electrons. The predicted molar refractivity (Wildman–Crippen MR) is 68.2 cm³/mol. The predicted octanol–water partition coefficient (Wildman–Crippen LogP) is 1.15. The van der Waals surface area contributed by atoms with Crippen molar-refractivity contribution in [3.63, 3.8) is 0 Å². The van der Waals surface area contributed by atoms with Crippen molar-refractivity contribution in [2.75, 3.05) is 25.0 Å². The van der Waals surface area contributed by atoms with Gasteiger partial charge in [0.15, 0.2) is 0 Å². The number of aromatic nitrogens is 3. The second-order valence-corrected chi connectivity index (χ2v) is 4.51. The molecule has 1 aliphatic heterocycles. The topological polar surface area (TPSA) is 56.8 Å². The van der Waals surface area contributed by atoms with Crippen LogP contribution >= 0.6 is 0 Å². The van der Waals surface area contributed by atoms with Crippen molar-refractivity contribution >= 4 is 16.9 Å². The summed E-state index contributed by atoms with van der Waals surface area (Å²) in [6, 6.07) is 2.61. The zero-order valence-corrected chi connectivity index (χ0v) is 9.98. The Labute approximate surface area is 100 Å². The van der Waals surface area contributed by atoms with Gasteiger partial charge in [-0.25, -0.2) is 9.97 Å². The fourth-order valence-electron chi connectivity index (χ4n) is 2.52. The van der Waals surface area contributed by atoms with Crippen LogP contribution in [-0.4, -0.2) is 41.1 Å². The minimum Gasteiger partial charge on any atom is -0.354 e. The van der Waals surface area contributed by atoms with E-state index in [0.29, 0.717) is 6.04 Å². The average molecular weight is 231 g/mol. The molecule has 2 aromatic heterocycles. The van der Waals surface area contributed by atoms with Crippen LogP contribution in [0.25, 0.3) is 11.0 Å². The highest BCUT2D eigenvalue weighted by atomic mass is 15.2. The Bertz CT molecular complexity index is 506. The van der Waals surface area contributed by atoms with Gasteiger partial charge in [0.1, 0.15) is 17.8 Å². The third kappa shape index (κ3) is 1.86. The highest BCUT2D eigenvalue weighted by molar-refractivity contribution is 5.87. The van der Waals surface area contributed by atoms with Crippen LogP contribution in [0.2, 0.25) is 0 Å². The first-order chi connectivity index (χ1) is 8.38. The lowest BCUT2D eigenvalue weighted by molar-refractivity contribution is 0.448. The number of piperidine rings is 1. The molecule has 1 aliphatic rings. The largest absolute Gasteiger partial charge is 0.354 e. The van der Waals surface area contributed by atoms with Crippen molar-refractivity contribution in [3.05, 3.63) is 18.6 Å². The van der Waals surface area contributed by atoms with Gasteiger partial charge in [-0.05, 0) is 26.0 Å². The summed E-state index contributed by atoms with van der Waals surface area (Å²) < 4.78 is 0. The summed E-state index contributed by atoms with van der Waals surface area (Å²) in [6.45, 7) is 2.10. The first-order valence-corrected chi connectivity index (χ1v) is 6.09.